The second-order valence-corrected chi connectivity index (χ2v) is 4.21. The van der Waals surface area contributed by atoms with Crippen molar-refractivity contribution in [2.75, 3.05) is 12.4 Å². The number of nitro groups is 1. The molecule has 0 saturated heterocycles. The number of nitro benzene ring substituents is 1. The number of methoxy groups -OCH3 is 1. The molecule has 0 aliphatic heterocycles. The van der Waals surface area contributed by atoms with Gasteiger partial charge >= 0.3 is 5.97 Å². The molecule has 10 heteroatoms. The van der Waals surface area contributed by atoms with E-state index in [1.165, 1.54) is 19.2 Å². The first-order chi connectivity index (χ1) is 10.9. The third-order valence-electron chi connectivity index (χ3n) is 2.78. The van der Waals surface area contributed by atoms with Crippen molar-refractivity contribution in [1.29, 1.82) is 0 Å². The molecule has 23 heavy (non-hydrogen) atoms. The van der Waals surface area contributed by atoms with Gasteiger partial charge in [-0.15, -0.1) is 10.2 Å². The number of aromatic nitrogens is 2. The van der Waals surface area contributed by atoms with Crippen LogP contribution in [-0.2, 0) is 0 Å². The van der Waals surface area contributed by atoms with E-state index >= 15 is 0 Å². The molecule has 1 amide bonds. The first-order valence-electron chi connectivity index (χ1n) is 6.13. The summed E-state index contributed by atoms with van der Waals surface area (Å²) in [7, 11) is 1.39. The Morgan fingerprint density at radius 1 is 1.22 bits per heavy atom. The highest BCUT2D eigenvalue weighted by atomic mass is 16.6. The highest BCUT2D eigenvalue weighted by molar-refractivity contribution is 6.10. The number of nitrogens with zero attached hydrogens (tertiary/aromatic N) is 3. The number of ether oxygens (including phenoxy) is 1. The lowest BCUT2D eigenvalue weighted by molar-refractivity contribution is -0.384. The molecule has 0 unspecified atom stereocenters. The molecular formula is C13H10N4O6. The molecule has 2 aromatic rings. The van der Waals surface area contributed by atoms with E-state index in [4.69, 9.17) is 9.84 Å². The summed E-state index contributed by atoms with van der Waals surface area (Å²) < 4.78 is 4.81. The molecule has 1 aromatic heterocycles. The van der Waals surface area contributed by atoms with Gasteiger partial charge in [-0.05, 0) is 12.1 Å². The van der Waals surface area contributed by atoms with Gasteiger partial charge in [-0.2, -0.15) is 0 Å². The highest BCUT2D eigenvalue weighted by Crippen LogP contribution is 2.19. The number of aromatic carboxylic acids is 1. The number of hydrogen-bond donors (Lipinski definition) is 2. The topological polar surface area (TPSA) is 145 Å². The third kappa shape index (κ3) is 3.56. The van der Waals surface area contributed by atoms with Gasteiger partial charge in [-0.25, -0.2) is 4.79 Å². The number of carboxylic acids is 1. The van der Waals surface area contributed by atoms with E-state index in [0.29, 0.717) is 0 Å². The van der Waals surface area contributed by atoms with Crippen LogP contribution in [0.25, 0.3) is 0 Å². The number of carbonyl (C=O) groups excluding carboxylic acids is 1. The normalized spacial score (nSPS) is 9.96. The summed E-state index contributed by atoms with van der Waals surface area (Å²) in [6.07, 6.45) is 0. The maximum Gasteiger partial charge on any atom is 0.336 e. The highest BCUT2D eigenvalue weighted by Gasteiger charge is 2.21. The largest absolute Gasteiger partial charge is 0.480 e. The number of amides is 1. The van der Waals surface area contributed by atoms with Crippen LogP contribution in [0.3, 0.4) is 0 Å². The molecule has 0 bridgehead atoms. The Kier molecular flexibility index (Phi) is 4.45. The Bertz CT molecular complexity index is 775. The van der Waals surface area contributed by atoms with Gasteiger partial charge in [0.05, 0.1) is 23.2 Å². The lowest BCUT2D eigenvalue weighted by Gasteiger charge is -2.07. The lowest BCUT2D eigenvalue weighted by atomic mass is 10.1. The van der Waals surface area contributed by atoms with E-state index in [1.54, 1.807) is 0 Å². The molecule has 2 N–H and O–H groups in total. The first kappa shape index (κ1) is 15.8. The Labute approximate surface area is 128 Å². The van der Waals surface area contributed by atoms with Crippen LogP contribution >= 0.6 is 0 Å². The first-order valence-corrected chi connectivity index (χ1v) is 6.13. The fourth-order valence-corrected chi connectivity index (χ4v) is 1.70. The number of hydrogen-bond acceptors (Lipinski definition) is 7. The molecule has 0 aliphatic rings. The average molecular weight is 318 g/mol. The minimum absolute atomic E-state index is 0.0404. The van der Waals surface area contributed by atoms with Crippen LogP contribution in [-0.4, -0.2) is 39.2 Å². The van der Waals surface area contributed by atoms with Gasteiger partial charge < -0.3 is 15.2 Å². The number of nitrogens with one attached hydrogen (secondary N) is 1. The van der Waals surface area contributed by atoms with Crippen molar-refractivity contribution in [2.45, 2.75) is 0 Å². The predicted molar refractivity (Wildman–Crippen MR) is 76.6 cm³/mol. The molecule has 2 rings (SSSR count). The SMILES string of the molecule is COc1ccc(NC(=O)c2cc([N+](=O)[O-])ccc2C(=O)O)nn1. The second-order valence-electron chi connectivity index (χ2n) is 4.21. The fourth-order valence-electron chi connectivity index (χ4n) is 1.70. The summed E-state index contributed by atoms with van der Waals surface area (Å²) in [5.74, 6) is -1.97. The zero-order valence-corrected chi connectivity index (χ0v) is 11.7. The van der Waals surface area contributed by atoms with E-state index < -0.39 is 22.5 Å². The summed E-state index contributed by atoms with van der Waals surface area (Å²) in [6, 6.07) is 5.72. The lowest BCUT2D eigenvalue weighted by Crippen LogP contribution is -2.17. The Morgan fingerprint density at radius 3 is 2.48 bits per heavy atom. The third-order valence-corrected chi connectivity index (χ3v) is 2.78. The minimum Gasteiger partial charge on any atom is -0.480 e. The van der Waals surface area contributed by atoms with Gasteiger partial charge in [0.1, 0.15) is 0 Å². The van der Waals surface area contributed by atoms with Crippen LogP contribution in [0.5, 0.6) is 5.88 Å². The van der Waals surface area contributed by atoms with Crippen molar-refractivity contribution < 1.29 is 24.4 Å². The van der Waals surface area contributed by atoms with Gasteiger partial charge in [0.25, 0.3) is 11.6 Å². The van der Waals surface area contributed by atoms with Crippen LogP contribution in [0.2, 0.25) is 0 Å². The van der Waals surface area contributed by atoms with E-state index in [9.17, 15) is 19.7 Å². The molecule has 0 spiro atoms. The van der Waals surface area contributed by atoms with Crippen LogP contribution in [0, 0.1) is 10.1 Å². The van der Waals surface area contributed by atoms with E-state index in [-0.39, 0.29) is 22.8 Å². The number of rotatable bonds is 5. The molecule has 0 aliphatic carbocycles. The molecule has 1 aromatic carbocycles. The van der Waals surface area contributed by atoms with Crippen molar-refractivity contribution in [3.05, 3.63) is 51.6 Å². The monoisotopic (exact) mass is 318 g/mol. The van der Waals surface area contributed by atoms with E-state index in [2.05, 4.69) is 15.5 Å². The van der Waals surface area contributed by atoms with Gasteiger partial charge in [0.2, 0.25) is 5.88 Å². The van der Waals surface area contributed by atoms with Crippen LogP contribution < -0.4 is 10.1 Å². The molecule has 10 nitrogen and oxygen atoms in total. The maximum atomic E-state index is 12.2. The Morgan fingerprint density at radius 2 is 1.96 bits per heavy atom. The number of carboxylic acid groups (broad SMARTS) is 1. The molecule has 0 atom stereocenters. The number of non-ortho nitro benzene ring substituents is 1. The zero-order valence-electron chi connectivity index (χ0n) is 11.7. The fraction of sp³-hybridized carbons (Fsp3) is 0.0769. The molecular weight excluding hydrogens is 308 g/mol. The molecule has 0 saturated carbocycles. The molecule has 1 heterocycles. The van der Waals surface area contributed by atoms with Crippen LogP contribution in [0.1, 0.15) is 20.7 Å². The standard InChI is InChI=1S/C13H10N4O6/c1-23-11-5-4-10(15-16-11)14-12(18)9-6-7(17(21)22)2-3-8(9)13(19)20/h2-6H,1H3,(H,19,20)(H,14,15,18). The van der Waals surface area contributed by atoms with Crippen molar-refractivity contribution in [3.63, 3.8) is 0 Å². The smallest absolute Gasteiger partial charge is 0.336 e. The molecule has 0 radical (unpaired) electrons. The Balaban J connectivity index is 2.34. The van der Waals surface area contributed by atoms with Crippen molar-refractivity contribution in [3.8, 4) is 5.88 Å². The maximum absolute atomic E-state index is 12.2. The van der Waals surface area contributed by atoms with Crippen molar-refractivity contribution in [2.24, 2.45) is 0 Å². The average Bonchev–Trinajstić information content (AvgIpc) is 2.54. The van der Waals surface area contributed by atoms with Crippen molar-refractivity contribution in [1.82, 2.24) is 10.2 Å². The summed E-state index contributed by atoms with van der Waals surface area (Å²) in [4.78, 5) is 33.4. The number of benzene rings is 1. The van der Waals surface area contributed by atoms with Crippen molar-refractivity contribution >= 4 is 23.4 Å². The Hall–Kier alpha value is -3.56. The number of carbonyl (C=O) groups is 2. The number of anilines is 1. The summed E-state index contributed by atoms with van der Waals surface area (Å²) >= 11 is 0. The summed E-state index contributed by atoms with van der Waals surface area (Å²) in [5.41, 5.74) is -1.13. The summed E-state index contributed by atoms with van der Waals surface area (Å²) in [6.45, 7) is 0. The van der Waals surface area contributed by atoms with Gasteiger partial charge in [-0.1, -0.05) is 0 Å². The molecule has 118 valence electrons. The van der Waals surface area contributed by atoms with Crippen LogP contribution in [0.15, 0.2) is 30.3 Å². The second kappa shape index (κ2) is 6.47. The van der Waals surface area contributed by atoms with Gasteiger partial charge in [-0.3, -0.25) is 14.9 Å². The quantitative estimate of drug-likeness (QED) is 0.620. The minimum atomic E-state index is -1.38. The van der Waals surface area contributed by atoms with Gasteiger partial charge in [0.15, 0.2) is 5.82 Å². The van der Waals surface area contributed by atoms with E-state index in [0.717, 1.165) is 18.2 Å². The summed E-state index contributed by atoms with van der Waals surface area (Å²) in [5, 5.41) is 29.5. The zero-order chi connectivity index (χ0) is 17.0. The predicted octanol–water partition coefficient (Wildman–Crippen LogP) is 1.34. The van der Waals surface area contributed by atoms with E-state index in [1.807, 2.05) is 0 Å². The van der Waals surface area contributed by atoms with Crippen LogP contribution in [0.4, 0.5) is 11.5 Å². The van der Waals surface area contributed by atoms with Gasteiger partial charge in [0, 0.05) is 18.2 Å². The molecule has 0 fully saturated rings.